The normalized spacial score (nSPS) is 19.1. The summed E-state index contributed by atoms with van der Waals surface area (Å²) in [5.41, 5.74) is 3.52. The molecule has 144 valence electrons. The molecule has 1 N–H and O–H groups in total. The predicted octanol–water partition coefficient (Wildman–Crippen LogP) is 3.88. The Bertz CT molecular complexity index is 933. The molecule has 1 unspecified atom stereocenters. The molecule has 5 nitrogen and oxygen atoms in total. The van der Waals surface area contributed by atoms with Crippen LogP contribution >= 0.6 is 0 Å². The van der Waals surface area contributed by atoms with Crippen LogP contribution in [0.15, 0.2) is 59.8 Å². The Hall–Kier alpha value is -3.08. The minimum Gasteiger partial charge on any atom is -0.493 e. The summed E-state index contributed by atoms with van der Waals surface area (Å²) in [4.78, 5) is 24.7. The SMILES string of the molecule is COc1cc(C2CC(=O)NC3=C2C(=O)CCC3)ccc1OCc1ccccc1. The Kier molecular flexibility index (Phi) is 5.15. The zero-order valence-electron chi connectivity index (χ0n) is 15.9. The van der Waals surface area contributed by atoms with Crippen LogP contribution in [-0.4, -0.2) is 18.8 Å². The minimum absolute atomic E-state index is 0.0400. The van der Waals surface area contributed by atoms with Crippen molar-refractivity contribution in [1.29, 1.82) is 0 Å². The number of ketones is 1. The van der Waals surface area contributed by atoms with Gasteiger partial charge in [-0.15, -0.1) is 0 Å². The monoisotopic (exact) mass is 377 g/mol. The second-order valence-corrected chi connectivity index (χ2v) is 7.16. The molecule has 2 aromatic carbocycles. The van der Waals surface area contributed by atoms with Crippen LogP contribution in [0.5, 0.6) is 11.5 Å². The fraction of sp³-hybridized carbons (Fsp3) is 0.304. The number of hydrogen-bond donors (Lipinski definition) is 1. The Morgan fingerprint density at radius 2 is 1.86 bits per heavy atom. The molecule has 4 rings (SSSR count). The van der Waals surface area contributed by atoms with Gasteiger partial charge < -0.3 is 14.8 Å². The third kappa shape index (κ3) is 3.65. The lowest BCUT2D eigenvalue weighted by molar-refractivity contribution is -0.122. The number of ether oxygens (including phenoxy) is 2. The molecular formula is C23H23NO4. The Morgan fingerprint density at radius 1 is 1.04 bits per heavy atom. The van der Waals surface area contributed by atoms with Gasteiger partial charge in [-0.3, -0.25) is 9.59 Å². The molecule has 0 bridgehead atoms. The number of hydrogen-bond acceptors (Lipinski definition) is 4. The van der Waals surface area contributed by atoms with Crippen molar-refractivity contribution in [3.8, 4) is 11.5 Å². The van der Waals surface area contributed by atoms with E-state index in [0.29, 0.717) is 24.5 Å². The molecule has 0 saturated heterocycles. The van der Waals surface area contributed by atoms with E-state index in [0.717, 1.165) is 35.2 Å². The number of Topliss-reactive ketones (excluding diaryl/α,β-unsaturated/α-hetero) is 1. The van der Waals surface area contributed by atoms with Gasteiger partial charge in [-0.05, 0) is 36.1 Å². The number of amides is 1. The lowest BCUT2D eigenvalue weighted by Gasteiger charge is -2.31. The topological polar surface area (TPSA) is 64.6 Å². The predicted molar refractivity (Wildman–Crippen MR) is 105 cm³/mol. The van der Waals surface area contributed by atoms with Gasteiger partial charge in [0.1, 0.15) is 6.61 Å². The van der Waals surface area contributed by atoms with Crippen LogP contribution < -0.4 is 14.8 Å². The van der Waals surface area contributed by atoms with Gasteiger partial charge in [-0.2, -0.15) is 0 Å². The van der Waals surface area contributed by atoms with Crippen molar-refractivity contribution < 1.29 is 19.1 Å². The highest BCUT2D eigenvalue weighted by molar-refractivity contribution is 6.01. The maximum Gasteiger partial charge on any atom is 0.225 e. The van der Waals surface area contributed by atoms with Crippen LogP contribution in [0.4, 0.5) is 0 Å². The van der Waals surface area contributed by atoms with Crippen LogP contribution in [0.1, 0.15) is 42.7 Å². The first-order valence-electron chi connectivity index (χ1n) is 9.56. The molecule has 2 aromatic rings. The summed E-state index contributed by atoms with van der Waals surface area (Å²) in [6.07, 6.45) is 2.36. The molecule has 2 aliphatic rings. The number of carbonyl (C=O) groups is 2. The third-order valence-electron chi connectivity index (χ3n) is 5.31. The van der Waals surface area contributed by atoms with Gasteiger partial charge >= 0.3 is 0 Å². The third-order valence-corrected chi connectivity index (χ3v) is 5.31. The van der Waals surface area contributed by atoms with Gasteiger partial charge in [-0.25, -0.2) is 0 Å². The zero-order valence-corrected chi connectivity index (χ0v) is 15.9. The van der Waals surface area contributed by atoms with Crippen LogP contribution in [0.25, 0.3) is 0 Å². The molecule has 1 heterocycles. The molecule has 28 heavy (non-hydrogen) atoms. The molecule has 1 atom stereocenters. The first-order valence-corrected chi connectivity index (χ1v) is 9.56. The molecule has 5 heteroatoms. The van der Waals surface area contributed by atoms with E-state index in [1.807, 2.05) is 48.5 Å². The zero-order chi connectivity index (χ0) is 19.5. The van der Waals surface area contributed by atoms with Crippen LogP contribution in [-0.2, 0) is 16.2 Å². The maximum atomic E-state index is 12.5. The molecule has 1 aliphatic heterocycles. The fourth-order valence-electron chi connectivity index (χ4n) is 3.94. The van der Waals surface area contributed by atoms with Gasteiger partial charge in [0.15, 0.2) is 17.3 Å². The Morgan fingerprint density at radius 3 is 2.64 bits per heavy atom. The molecule has 0 radical (unpaired) electrons. The first kappa shape index (κ1) is 18.3. The summed E-state index contributed by atoms with van der Waals surface area (Å²) in [5.74, 6) is 1.11. The van der Waals surface area contributed by atoms with E-state index in [1.165, 1.54) is 0 Å². The van der Waals surface area contributed by atoms with E-state index < -0.39 is 0 Å². The summed E-state index contributed by atoms with van der Waals surface area (Å²) in [6, 6.07) is 15.6. The van der Waals surface area contributed by atoms with E-state index in [2.05, 4.69) is 5.32 Å². The van der Waals surface area contributed by atoms with Gasteiger partial charge in [0.25, 0.3) is 0 Å². The largest absolute Gasteiger partial charge is 0.493 e. The van der Waals surface area contributed by atoms with Crippen molar-refractivity contribution in [2.75, 3.05) is 7.11 Å². The van der Waals surface area contributed by atoms with Gasteiger partial charge in [0.05, 0.1) is 7.11 Å². The molecule has 1 aliphatic carbocycles. The maximum absolute atomic E-state index is 12.5. The highest BCUT2D eigenvalue weighted by Crippen LogP contribution is 2.40. The average Bonchev–Trinajstić information content (AvgIpc) is 2.72. The minimum atomic E-state index is -0.228. The Balaban J connectivity index is 1.61. The number of rotatable bonds is 5. The summed E-state index contributed by atoms with van der Waals surface area (Å²) < 4.78 is 11.5. The second-order valence-electron chi connectivity index (χ2n) is 7.16. The van der Waals surface area contributed by atoms with Crippen LogP contribution in [0.2, 0.25) is 0 Å². The van der Waals surface area contributed by atoms with Crippen molar-refractivity contribution in [2.24, 2.45) is 0 Å². The second kappa shape index (κ2) is 7.89. The van der Waals surface area contributed by atoms with E-state index in [-0.39, 0.29) is 24.0 Å². The summed E-state index contributed by atoms with van der Waals surface area (Å²) in [7, 11) is 1.60. The molecule has 0 saturated carbocycles. The van der Waals surface area contributed by atoms with Gasteiger partial charge in [-0.1, -0.05) is 36.4 Å². The fourth-order valence-corrected chi connectivity index (χ4v) is 3.94. The number of carbonyl (C=O) groups excluding carboxylic acids is 2. The molecule has 1 amide bonds. The summed E-state index contributed by atoms with van der Waals surface area (Å²) in [5, 5.41) is 2.89. The quantitative estimate of drug-likeness (QED) is 0.859. The lowest BCUT2D eigenvalue weighted by Crippen LogP contribution is -2.36. The van der Waals surface area contributed by atoms with Crippen molar-refractivity contribution in [3.63, 3.8) is 0 Å². The van der Waals surface area contributed by atoms with Crippen molar-refractivity contribution in [2.45, 2.75) is 38.2 Å². The van der Waals surface area contributed by atoms with Crippen molar-refractivity contribution in [1.82, 2.24) is 5.32 Å². The number of nitrogens with one attached hydrogen (secondary N) is 1. The molecule has 0 aromatic heterocycles. The number of methoxy groups -OCH3 is 1. The van der Waals surface area contributed by atoms with Crippen molar-refractivity contribution >= 4 is 11.7 Å². The highest BCUT2D eigenvalue weighted by Gasteiger charge is 2.35. The van der Waals surface area contributed by atoms with E-state index >= 15 is 0 Å². The number of allylic oxidation sites excluding steroid dienone is 2. The lowest BCUT2D eigenvalue weighted by atomic mass is 9.78. The average molecular weight is 377 g/mol. The van der Waals surface area contributed by atoms with E-state index in [1.54, 1.807) is 7.11 Å². The highest BCUT2D eigenvalue weighted by atomic mass is 16.5. The van der Waals surface area contributed by atoms with E-state index in [4.69, 9.17) is 9.47 Å². The standard InChI is InChI=1S/C23H23NO4/c1-27-21-12-16(10-11-20(21)28-14-15-6-3-2-4-7-15)17-13-22(26)24-18-8-5-9-19(25)23(17)18/h2-4,6-7,10-12,17H,5,8-9,13-14H2,1H3,(H,24,26). The van der Waals surface area contributed by atoms with Crippen molar-refractivity contribution in [3.05, 3.63) is 70.9 Å². The molecule has 0 spiro atoms. The van der Waals surface area contributed by atoms with E-state index in [9.17, 15) is 9.59 Å². The van der Waals surface area contributed by atoms with Crippen LogP contribution in [0.3, 0.4) is 0 Å². The van der Waals surface area contributed by atoms with Crippen LogP contribution in [0, 0.1) is 0 Å². The Labute approximate surface area is 164 Å². The molecule has 0 fully saturated rings. The van der Waals surface area contributed by atoms with Gasteiger partial charge in [0.2, 0.25) is 5.91 Å². The molecular weight excluding hydrogens is 354 g/mol. The summed E-state index contributed by atoms with van der Waals surface area (Å²) in [6.45, 7) is 0.441. The smallest absolute Gasteiger partial charge is 0.225 e. The summed E-state index contributed by atoms with van der Waals surface area (Å²) >= 11 is 0. The first-order chi connectivity index (χ1) is 13.7. The number of benzene rings is 2. The van der Waals surface area contributed by atoms with Gasteiger partial charge in [0, 0.05) is 30.0 Å².